The summed E-state index contributed by atoms with van der Waals surface area (Å²) in [5.74, 6) is -0.975. The number of carbonyl (C=O) groups is 2. The Balaban J connectivity index is 2.04. The van der Waals surface area contributed by atoms with Gasteiger partial charge in [-0.05, 0) is 18.1 Å². The minimum Gasteiger partial charge on any atom is -0.368 e. The third kappa shape index (κ3) is 3.11. The number of carbonyl (C=O) groups excluding carboxylic acids is 2. The first-order valence-electron chi connectivity index (χ1n) is 5.94. The monoisotopic (exact) mass is 260 g/mol. The zero-order valence-electron chi connectivity index (χ0n) is 10.3. The molecule has 6 N–H and O–H groups in total. The van der Waals surface area contributed by atoms with Crippen LogP contribution in [-0.4, -0.2) is 29.4 Å². The zero-order chi connectivity index (χ0) is 13.8. The Bertz CT molecular complexity index is 605. The number of aromatic amines is 1. The molecule has 1 aromatic heterocycles. The first-order chi connectivity index (χ1) is 9.08. The van der Waals surface area contributed by atoms with E-state index in [0.29, 0.717) is 6.42 Å². The van der Waals surface area contributed by atoms with Crippen LogP contribution in [0.5, 0.6) is 0 Å². The SMILES string of the molecule is NC(=O)CNC(=O)[C@H](N)Cc1c[nH]c2ccccc12. The average molecular weight is 260 g/mol. The van der Waals surface area contributed by atoms with E-state index in [0.717, 1.165) is 16.5 Å². The van der Waals surface area contributed by atoms with Gasteiger partial charge in [-0.2, -0.15) is 0 Å². The lowest BCUT2D eigenvalue weighted by Crippen LogP contribution is -2.44. The predicted molar refractivity (Wildman–Crippen MR) is 72.2 cm³/mol. The number of para-hydroxylation sites is 1. The summed E-state index contributed by atoms with van der Waals surface area (Å²) in [4.78, 5) is 25.4. The van der Waals surface area contributed by atoms with Gasteiger partial charge in [-0.1, -0.05) is 18.2 Å². The van der Waals surface area contributed by atoms with Crippen molar-refractivity contribution in [1.82, 2.24) is 10.3 Å². The summed E-state index contributed by atoms with van der Waals surface area (Å²) >= 11 is 0. The highest BCUT2D eigenvalue weighted by Gasteiger charge is 2.16. The zero-order valence-corrected chi connectivity index (χ0v) is 10.3. The van der Waals surface area contributed by atoms with Gasteiger partial charge in [0, 0.05) is 17.1 Å². The van der Waals surface area contributed by atoms with Gasteiger partial charge in [0.2, 0.25) is 11.8 Å². The van der Waals surface area contributed by atoms with E-state index in [1.165, 1.54) is 0 Å². The average Bonchev–Trinajstić information content (AvgIpc) is 2.79. The fourth-order valence-corrected chi connectivity index (χ4v) is 1.94. The molecule has 0 radical (unpaired) electrons. The van der Waals surface area contributed by atoms with Crippen molar-refractivity contribution in [1.29, 1.82) is 0 Å². The lowest BCUT2D eigenvalue weighted by atomic mass is 10.1. The first kappa shape index (κ1) is 13.1. The summed E-state index contributed by atoms with van der Waals surface area (Å²) in [5, 5.41) is 3.44. The van der Waals surface area contributed by atoms with Crippen LogP contribution in [0.3, 0.4) is 0 Å². The van der Waals surface area contributed by atoms with Crippen molar-refractivity contribution in [3.8, 4) is 0 Å². The molecule has 100 valence electrons. The lowest BCUT2D eigenvalue weighted by molar-refractivity contribution is -0.125. The van der Waals surface area contributed by atoms with E-state index in [4.69, 9.17) is 11.5 Å². The van der Waals surface area contributed by atoms with Crippen molar-refractivity contribution in [2.75, 3.05) is 6.54 Å². The molecule has 1 aromatic carbocycles. The number of rotatable bonds is 5. The molecule has 2 aromatic rings. The van der Waals surface area contributed by atoms with Crippen LogP contribution in [0.4, 0.5) is 0 Å². The van der Waals surface area contributed by atoms with E-state index in [-0.39, 0.29) is 12.5 Å². The number of nitrogens with two attached hydrogens (primary N) is 2. The summed E-state index contributed by atoms with van der Waals surface area (Å²) in [6.45, 7) is -0.194. The van der Waals surface area contributed by atoms with Crippen molar-refractivity contribution in [2.24, 2.45) is 11.5 Å². The molecule has 19 heavy (non-hydrogen) atoms. The van der Waals surface area contributed by atoms with Crippen LogP contribution in [0.2, 0.25) is 0 Å². The topological polar surface area (TPSA) is 114 Å². The molecule has 6 nitrogen and oxygen atoms in total. The summed E-state index contributed by atoms with van der Waals surface area (Å²) in [5.41, 5.74) is 12.7. The van der Waals surface area contributed by atoms with Gasteiger partial charge < -0.3 is 21.8 Å². The Kier molecular flexibility index (Phi) is 3.82. The van der Waals surface area contributed by atoms with Gasteiger partial charge in [0.15, 0.2) is 0 Å². The van der Waals surface area contributed by atoms with Gasteiger partial charge in [0.1, 0.15) is 0 Å². The second-order valence-corrected chi connectivity index (χ2v) is 4.35. The predicted octanol–water partition coefficient (Wildman–Crippen LogP) is -0.361. The van der Waals surface area contributed by atoms with E-state index < -0.39 is 11.9 Å². The Morgan fingerprint density at radius 2 is 2.05 bits per heavy atom. The van der Waals surface area contributed by atoms with Crippen molar-refractivity contribution < 1.29 is 9.59 Å². The maximum absolute atomic E-state index is 11.7. The molecule has 0 aliphatic rings. The maximum atomic E-state index is 11.7. The summed E-state index contributed by atoms with van der Waals surface area (Å²) in [6.07, 6.45) is 2.24. The van der Waals surface area contributed by atoms with Crippen LogP contribution in [0.1, 0.15) is 5.56 Å². The van der Waals surface area contributed by atoms with Crippen LogP contribution < -0.4 is 16.8 Å². The van der Waals surface area contributed by atoms with E-state index in [1.54, 1.807) is 0 Å². The molecule has 1 heterocycles. The van der Waals surface area contributed by atoms with Gasteiger partial charge in [-0.15, -0.1) is 0 Å². The third-order valence-corrected chi connectivity index (χ3v) is 2.89. The highest BCUT2D eigenvalue weighted by Crippen LogP contribution is 2.18. The number of fused-ring (bicyclic) bond motifs is 1. The van der Waals surface area contributed by atoms with Crippen LogP contribution >= 0.6 is 0 Å². The van der Waals surface area contributed by atoms with Crippen LogP contribution in [-0.2, 0) is 16.0 Å². The largest absolute Gasteiger partial charge is 0.368 e. The molecule has 0 aliphatic carbocycles. The standard InChI is InChI=1S/C13H16N4O2/c14-10(13(19)17-7-12(15)18)5-8-6-16-11-4-2-1-3-9(8)11/h1-4,6,10,16H,5,7,14H2,(H2,15,18)(H,17,19)/t10-/m1/s1. The van der Waals surface area contributed by atoms with Crippen LogP contribution in [0.15, 0.2) is 30.5 Å². The van der Waals surface area contributed by atoms with Gasteiger partial charge in [0.25, 0.3) is 0 Å². The Morgan fingerprint density at radius 3 is 2.79 bits per heavy atom. The smallest absolute Gasteiger partial charge is 0.237 e. The molecule has 0 aliphatic heterocycles. The molecule has 0 fully saturated rings. The van der Waals surface area contributed by atoms with Crippen molar-refractivity contribution in [3.63, 3.8) is 0 Å². The molecule has 2 rings (SSSR count). The van der Waals surface area contributed by atoms with E-state index in [2.05, 4.69) is 10.3 Å². The van der Waals surface area contributed by atoms with Gasteiger partial charge in [-0.25, -0.2) is 0 Å². The fraction of sp³-hybridized carbons (Fsp3) is 0.231. The third-order valence-electron chi connectivity index (χ3n) is 2.89. The Labute approximate surface area is 110 Å². The molecule has 0 saturated heterocycles. The minimum atomic E-state index is -0.710. The highest BCUT2D eigenvalue weighted by molar-refractivity contribution is 5.88. The number of aromatic nitrogens is 1. The van der Waals surface area contributed by atoms with Crippen LogP contribution in [0, 0.1) is 0 Å². The van der Waals surface area contributed by atoms with Gasteiger partial charge in [-0.3, -0.25) is 9.59 Å². The highest BCUT2D eigenvalue weighted by atomic mass is 16.2. The van der Waals surface area contributed by atoms with Gasteiger partial charge >= 0.3 is 0 Å². The van der Waals surface area contributed by atoms with Crippen molar-refractivity contribution >= 4 is 22.7 Å². The molecular formula is C13H16N4O2. The number of benzene rings is 1. The summed E-state index contributed by atoms with van der Waals surface area (Å²) in [7, 11) is 0. The normalized spacial score (nSPS) is 12.3. The first-order valence-corrected chi connectivity index (χ1v) is 5.94. The number of primary amides is 1. The number of H-pyrrole nitrogens is 1. The molecule has 0 saturated carbocycles. The molecular weight excluding hydrogens is 244 g/mol. The fourth-order valence-electron chi connectivity index (χ4n) is 1.94. The number of hydrogen-bond acceptors (Lipinski definition) is 3. The molecule has 0 spiro atoms. The number of amides is 2. The second-order valence-electron chi connectivity index (χ2n) is 4.35. The molecule has 6 heteroatoms. The van der Waals surface area contributed by atoms with Crippen molar-refractivity contribution in [2.45, 2.75) is 12.5 Å². The quantitative estimate of drug-likeness (QED) is 0.588. The second kappa shape index (κ2) is 5.53. The maximum Gasteiger partial charge on any atom is 0.237 e. The molecule has 2 amide bonds. The summed E-state index contributed by atoms with van der Waals surface area (Å²) < 4.78 is 0. The number of hydrogen-bond donors (Lipinski definition) is 4. The van der Waals surface area contributed by atoms with E-state index in [9.17, 15) is 9.59 Å². The van der Waals surface area contributed by atoms with Crippen LogP contribution in [0.25, 0.3) is 10.9 Å². The van der Waals surface area contributed by atoms with E-state index in [1.807, 2.05) is 30.5 Å². The lowest BCUT2D eigenvalue weighted by Gasteiger charge is -2.10. The van der Waals surface area contributed by atoms with Gasteiger partial charge in [0.05, 0.1) is 12.6 Å². The number of nitrogens with one attached hydrogen (secondary N) is 2. The molecule has 0 unspecified atom stereocenters. The molecule has 1 atom stereocenters. The Morgan fingerprint density at radius 1 is 1.32 bits per heavy atom. The van der Waals surface area contributed by atoms with E-state index >= 15 is 0 Å². The minimum absolute atomic E-state index is 0.194. The Hall–Kier alpha value is -2.34. The summed E-state index contributed by atoms with van der Waals surface area (Å²) in [6, 6.07) is 7.08. The van der Waals surface area contributed by atoms with Crippen molar-refractivity contribution in [3.05, 3.63) is 36.0 Å². The molecule has 0 bridgehead atoms.